The van der Waals surface area contributed by atoms with Crippen LogP contribution in [0.5, 0.6) is 0 Å². The second-order valence-electron chi connectivity index (χ2n) is 7.70. The molecule has 0 saturated carbocycles. The lowest BCUT2D eigenvalue weighted by Gasteiger charge is -2.32. The van der Waals surface area contributed by atoms with E-state index in [9.17, 15) is 4.79 Å². The number of hydrogen-bond donors (Lipinski definition) is 2. The zero-order valence-electron chi connectivity index (χ0n) is 16.5. The Hall–Kier alpha value is -2.33. The van der Waals surface area contributed by atoms with E-state index < -0.39 is 0 Å². The number of rotatable bonds is 6. The predicted octanol–water partition coefficient (Wildman–Crippen LogP) is 4.01. The Labute approximate surface area is 163 Å². The number of amides is 2. The molecule has 2 aromatic carbocycles. The smallest absolute Gasteiger partial charge is 0.315 e. The number of piperidine rings is 1. The van der Waals surface area contributed by atoms with Crippen LogP contribution in [-0.2, 0) is 13.1 Å². The summed E-state index contributed by atoms with van der Waals surface area (Å²) in [5.74, 6) is 0.572. The zero-order valence-corrected chi connectivity index (χ0v) is 16.5. The lowest BCUT2D eigenvalue weighted by Crippen LogP contribution is -2.41. The first kappa shape index (κ1) is 19.4. The van der Waals surface area contributed by atoms with Crippen molar-refractivity contribution in [2.45, 2.75) is 39.8 Å². The van der Waals surface area contributed by atoms with E-state index in [0.29, 0.717) is 12.5 Å². The Bertz CT molecular complexity index is 737. The van der Waals surface area contributed by atoms with E-state index in [1.54, 1.807) is 0 Å². The molecule has 1 saturated heterocycles. The van der Waals surface area contributed by atoms with Crippen LogP contribution in [0.25, 0.3) is 0 Å². The molecule has 1 heterocycles. The van der Waals surface area contributed by atoms with Crippen molar-refractivity contribution in [3.63, 3.8) is 0 Å². The molecule has 3 rings (SSSR count). The van der Waals surface area contributed by atoms with Gasteiger partial charge in [0.1, 0.15) is 0 Å². The Morgan fingerprint density at radius 2 is 1.78 bits per heavy atom. The summed E-state index contributed by atoms with van der Waals surface area (Å²) < 4.78 is 0. The van der Waals surface area contributed by atoms with Gasteiger partial charge < -0.3 is 10.6 Å². The molecule has 144 valence electrons. The highest BCUT2D eigenvalue weighted by Gasteiger charge is 2.20. The fourth-order valence-electron chi connectivity index (χ4n) is 3.64. The summed E-state index contributed by atoms with van der Waals surface area (Å²) in [7, 11) is 0. The van der Waals surface area contributed by atoms with Crippen molar-refractivity contribution in [3.8, 4) is 0 Å². The monoisotopic (exact) mass is 365 g/mol. The van der Waals surface area contributed by atoms with Crippen LogP contribution in [0.1, 0.15) is 35.1 Å². The third-order valence-electron chi connectivity index (χ3n) is 5.45. The zero-order chi connectivity index (χ0) is 19.1. The number of carbonyl (C=O) groups is 1. The van der Waals surface area contributed by atoms with Gasteiger partial charge in [0.15, 0.2) is 0 Å². The molecule has 27 heavy (non-hydrogen) atoms. The van der Waals surface area contributed by atoms with Crippen LogP contribution in [0.4, 0.5) is 4.79 Å². The van der Waals surface area contributed by atoms with Crippen molar-refractivity contribution in [2.75, 3.05) is 19.6 Å². The molecule has 0 atom stereocenters. The summed E-state index contributed by atoms with van der Waals surface area (Å²) in [6.07, 6.45) is 2.29. The minimum atomic E-state index is -0.0725. The van der Waals surface area contributed by atoms with Crippen molar-refractivity contribution in [1.82, 2.24) is 15.5 Å². The third-order valence-corrected chi connectivity index (χ3v) is 5.45. The lowest BCUT2D eigenvalue weighted by atomic mass is 9.96. The Kier molecular flexibility index (Phi) is 6.88. The molecule has 2 N–H and O–H groups in total. The van der Waals surface area contributed by atoms with Crippen LogP contribution in [0.2, 0.25) is 0 Å². The molecule has 0 radical (unpaired) electrons. The largest absolute Gasteiger partial charge is 0.338 e. The fraction of sp³-hybridized carbons (Fsp3) is 0.435. The Balaban J connectivity index is 1.35. The van der Waals surface area contributed by atoms with Gasteiger partial charge in [-0.2, -0.15) is 0 Å². The topological polar surface area (TPSA) is 44.4 Å². The number of hydrogen-bond acceptors (Lipinski definition) is 2. The molecule has 0 aromatic heterocycles. The first-order valence-electron chi connectivity index (χ1n) is 9.94. The van der Waals surface area contributed by atoms with Gasteiger partial charge in [-0.05, 0) is 62.4 Å². The molecule has 0 unspecified atom stereocenters. The van der Waals surface area contributed by atoms with E-state index in [2.05, 4.69) is 47.6 Å². The molecule has 0 aliphatic carbocycles. The highest BCUT2D eigenvalue weighted by Crippen LogP contribution is 2.20. The average molecular weight is 366 g/mol. The molecule has 1 aliphatic heterocycles. The van der Waals surface area contributed by atoms with Gasteiger partial charge in [-0.3, -0.25) is 4.90 Å². The van der Waals surface area contributed by atoms with E-state index in [1.807, 2.05) is 30.3 Å². The second-order valence-corrected chi connectivity index (χ2v) is 7.70. The Morgan fingerprint density at radius 3 is 2.52 bits per heavy atom. The standard InChI is InChI=1S/C23H31N3O/c1-18-8-9-19(2)22(14-18)17-26-12-10-21(11-13-26)16-25-23(27)24-15-20-6-4-3-5-7-20/h3-9,14,21H,10-13,15-17H2,1-2H3,(H2,24,25,27). The molecule has 4 heteroatoms. The minimum absolute atomic E-state index is 0.0725. The Morgan fingerprint density at radius 1 is 1.04 bits per heavy atom. The number of nitrogens with one attached hydrogen (secondary N) is 2. The van der Waals surface area contributed by atoms with Gasteiger partial charge >= 0.3 is 6.03 Å². The quantitative estimate of drug-likeness (QED) is 0.812. The number of urea groups is 1. The SMILES string of the molecule is Cc1ccc(C)c(CN2CCC(CNC(=O)NCc3ccccc3)CC2)c1. The maximum Gasteiger partial charge on any atom is 0.315 e. The highest BCUT2D eigenvalue weighted by atomic mass is 16.2. The van der Waals surface area contributed by atoms with Crippen LogP contribution in [0.15, 0.2) is 48.5 Å². The summed E-state index contributed by atoms with van der Waals surface area (Å²) in [5, 5.41) is 5.97. The first-order chi connectivity index (χ1) is 13.1. The summed E-state index contributed by atoms with van der Waals surface area (Å²) >= 11 is 0. The molecule has 1 aliphatic rings. The summed E-state index contributed by atoms with van der Waals surface area (Å²) in [6, 6.07) is 16.6. The molecule has 2 amide bonds. The van der Waals surface area contributed by atoms with Gasteiger partial charge in [-0.25, -0.2) is 4.79 Å². The number of likely N-dealkylation sites (tertiary alicyclic amines) is 1. The third kappa shape index (κ3) is 6.10. The van der Waals surface area contributed by atoms with Gasteiger partial charge in [0, 0.05) is 19.6 Å². The van der Waals surface area contributed by atoms with Crippen molar-refractivity contribution >= 4 is 6.03 Å². The van der Waals surface area contributed by atoms with Gasteiger partial charge in [-0.1, -0.05) is 54.1 Å². The first-order valence-corrected chi connectivity index (χ1v) is 9.94. The summed E-state index contributed by atoms with van der Waals surface area (Å²) in [4.78, 5) is 14.5. The highest BCUT2D eigenvalue weighted by molar-refractivity contribution is 5.73. The van der Waals surface area contributed by atoms with Gasteiger partial charge in [-0.15, -0.1) is 0 Å². The summed E-state index contributed by atoms with van der Waals surface area (Å²) in [5.41, 5.74) is 5.26. The van der Waals surface area contributed by atoms with Crippen molar-refractivity contribution in [3.05, 3.63) is 70.8 Å². The fourth-order valence-corrected chi connectivity index (χ4v) is 3.64. The molecule has 2 aromatic rings. The van der Waals surface area contributed by atoms with Crippen LogP contribution >= 0.6 is 0 Å². The molecular formula is C23H31N3O. The van der Waals surface area contributed by atoms with Gasteiger partial charge in [0.05, 0.1) is 0 Å². The number of nitrogens with zero attached hydrogens (tertiary/aromatic N) is 1. The molecule has 4 nitrogen and oxygen atoms in total. The van der Waals surface area contributed by atoms with Crippen molar-refractivity contribution in [2.24, 2.45) is 5.92 Å². The van der Waals surface area contributed by atoms with E-state index >= 15 is 0 Å². The van der Waals surface area contributed by atoms with Gasteiger partial charge in [0.25, 0.3) is 0 Å². The molecule has 1 fully saturated rings. The summed E-state index contributed by atoms with van der Waals surface area (Å²) in [6.45, 7) is 8.92. The van der Waals surface area contributed by atoms with Crippen LogP contribution in [0, 0.1) is 19.8 Å². The van der Waals surface area contributed by atoms with Crippen LogP contribution in [-0.4, -0.2) is 30.6 Å². The number of benzene rings is 2. The molecule has 0 spiro atoms. The van der Waals surface area contributed by atoms with E-state index in [4.69, 9.17) is 0 Å². The van der Waals surface area contributed by atoms with Crippen molar-refractivity contribution in [1.29, 1.82) is 0 Å². The van der Waals surface area contributed by atoms with Crippen molar-refractivity contribution < 1.29 is 4.79 Å². The molecule has 0 bridgehead atoms. The second kappa shape index (κ2) is 9.56. The average Bonchev–Trinajstić information content (AvgIpc) is 2.69. The normalized spacial score (nSPS) is 15.5. The number of aryl methyl sites for hydroxylation is 2. The minimum Gasteiger partial charge on any atom is -0.338 e. The lowest BCUT2D eigenvalue weighted by molar-refractivity contribution is 0.174. The van der Waals surface area contributed by atoms with Crippen LogP contribution in [0.3, 0.4) is 0 Å². The maximum absolute atomic E-state index is 12.0. The van der Waals surface area contributed by atoms with Gasteiger partial charge in [0.2, 0.25) is 0 Å². The van der Waals surface area contributed by atoms with Crippen LogP contribution < -0.4 is 10.6 Å². The van der Waals surface area contributed by atoms with E-state index in [0.717, 1.165) is 44.6 Å². The number of carbonyl (C=O) groups excluding carboxylic acids is 1. The maximum atomic E-state index is 12.0. The van der Waals surface area contributed by atoms with E-state index in [-0.39, 0.29) is 6.03 Å². The predicted molar refractivity (Wildman–Crippen MR) is 111 cm³/mol. The van der Waals surface area contributed by atoms with E-state index in [1.165, 1.54) is 16.7 Å². The molecular weight excluding hydrogens is 334 g/mol.